The predicted octanol–water partition coefficient (Wildman–Crippen LogP) is 2.67. The van der Waals surface area contributed by atoms with Gasteiger partial charge in [-0.3, -0.25) is 4.79 Å². The SMILES string of the molecule is N[C@@H](Cc1cnc[nH]1)C(=O)Cc1ccc(OCc2ccccc2)cc1. The van der Waals surface area contributed by atoms with Gasteiger partial charge in [-0.2, -0.15) is 0 Å². The maximum atomic E-state index is 12.2. The molecule has 0 aliphatic rings. The molecule has 0 amide bonds. The molecule has 1 aromatic heterocycles. The smallest absolute Gasteiger partial charge is 0.154 e. The number of carbonyl (C=O) groups excluding carboxylic acids is 1. The number of nitrogens with zero attached hydrogens (tertiary/aromatic N) is 1. The fraction of sp³-hybridized carbons (Fsp3) is 0.200. The average Bonchev–Trinajstić information content (AvgIpc) is 3.15. The number of nitrogens with one attached hydrogen (secondary N) is 1. The molecule has 1 heterocycles. The first-order valence-corrected chi connectivity index (χ1v) is 8.22. The highest BCUT2D eigenvalue weighted by atomic mass is 16.5. The van der Waals surface area contributed by atoms with E-state index >= 15 is 0 Å². The molecule has 128 valence electrons. The number of carbonyl (C=O) groups is 1. The van der Waals surface area contributed by atoms with Crippen molar-refractivity contribution < 1.29 is 9.53 Å². The number of aromatic nitrogens is 2. The topological polar surface area (TPSA) is 81.0 Å². The highest BCUT2D eigenvalue weighted by molar-refractivity contribution is 5.86. The Morgan fingerprint density at radius 3 is 2.52 bits per heavy atom. The van der Waals surface area contributed by atoms with E-state index in [9.17, 15) is 4.79 Å². The van der Waals surface area contributed by atoms with E-state index in [4.69, 9.17) is 10.5 Å². The Balaban J connectivity index is 1.50. The van der Waals surface area contributed by atoms with E-state index in [2.05, 4.69) is 9.97 Å². The number of Topliss-reactive ketones (excluding diaryl/α,β-unsaturated/α-hetero) is 1. The van der Waals surface area contributed by atoms with Crippen molar-refractivity contribution in [1.29, 1.82) is 0 Å². The highest BCUT2D eigenvalue weighted by Crippen LogP contribution is 2.15. The lowest BCUT2D eigenvalue weighted by atomic mass is 10.0. The van der Waals surface area contributed by atoms with Gasteiger partial charge in [0.2, 0.25) is 0 Å². The Morgan fingerprint density at radius 1 is 1.08 bits per heavy atom. The van der Waals surface area contributed by atoms with Crippen LogP contribution < -0.4 is 10.5 Å². The summed E-state index contributed by atoms with van der Waals surface area (Å²) in [5.74, 6) is 0.786. The lowest BCUT2D eigenvalue weighted by molar-refractivity contribution is -0.119. The summed E-state index contributed by atoms with van der Waals surface area (Å²) in [4.78, 5) is 19.1. The summed E-state index contributed by atoms with van der Waals surface area (Å²) in [5, 5.41) is 0. The van der Waals surface area contributed by atoms with Gasteiger partial charge in [-0.15, -0.1) is 0 Å². The molecule has 0 bridgehead atoms. The van der Waals surface area contributed by atoms with Gasteiger partial charge in [0.25, 0.3) is 0 Å². The van der Waals surface area contributed by atoms with E-state index in [-0.39, 0.29) is 5.78 Å². The van der Waals surface area contributed by atoms with E-state index in [0.717, 1.165) is 22.6 Å². The summed E-state index contributed by atoms with van der Waals surface area (Å²) < 4.78 is 5.75. The van der Waals surface area contributed by atoms with E-state index < -0.39 is 6.04 Å². The average molecular weight is 335 g/mol. The molecule has 0 fully saturated rings. The minimum absolute atomic E-state index is 0.00699. The molecule has 0 aliphatic carbocycles. The van der Waals surface area contributed by atoms with Crippen LogP contribution in [0.2, 0.25) is 0 Å². The van der Waals surface area contributed by atoms with Crippen LogP contribution in [0.4, 0.5) is 0 Å². The maximum absolute atomic E-state index is 12.2. The van der Waals surface area contributed by atoms with Crippen LogP contribution in [0.25, 0.3) is 0 Å². The van der Waals surface area contributed by atoms with Gasteiger partial charge in [-0.05, 0) is 23.3 Å². The first-order chi connectivity index (χ1) is 12.2. The number of rotatable bonds is 8. The van der Waals surface area contributed by atoms with Gasteiger partial charge in [0, 0.05) is 24.7 Å². The number of hydrogen-bond acceptors (Lipinski definition) is 4. The maximum Gasteiger partial charge on any atom is 0.154 e. The molecule has 3 N–H and O–H groups in total. The molecule has 0 spiro atoms. The second-order valence-electron chi connectivity index (χ2n) is 5.95. The third-order valence-electron chi connectivity index (χ3n) is 3.96. The number of nitrogens with two attached hydrogens (primary N) is 1. The van der Waals surface area contributed by atoms with Crippen LogP contribution in [0.5, 0.6) is 5.75 Å². The number of aromatic amines is 1. The van der Waals surface area contributed by atoms with Gasteiger partial charge in [-0.25, -0.2) is 4.98 Å². The number of ether oxygens (including phenoxy) is 1. The molecule has 0 saturated heterocycles. The molecule has 0 unspecified atom stereocenters. The fourth-order valence-corrected chi connectivity index (χ4v) is 2.52. The summed E-state index contributed by atoms with van der Waals surface area (Å²) in [5.41, 5.74) is 8.89. The van der Waals surface area contributed by atoms with Crippen LogP contribution in [0.15, 0.2) is 67.1 Å². The number of imidazole rings is 1. The van der Waals surface area contributed by atoms with Gasteiger partial charge in [0.15, 0.2) is 5.78 Å². The van der Waals surface area contributed by atoms with E-state index in [1.165, 1.54) is 0 Å². The quantitative estimate of drug-likeness (QED) is 0.663. The van der Waals surface area contributed by atoms with Gasteiger partial charge >= 0.3 is 0 Å². The van der Waals surface area contributed by atoms with Gasteiger partial charge in [0.05, 0.1) is 12.4 Å². The molecule has 25 heavy (non-hydrogen) atoms. The Morgan fingerprint density at radius 2 is 1.84 bits per heavy atom. The molecule has 0 aliphatic heterocycles. The Kier molecular flexibility index (Phi) is 5.59. The molecular formula is C20H21N3O2. The van der Waals surface area contributed by atoms with Crippen LogP contribution >= 0.6 is 0 Å². The van der Waals surface area contributed by atoms with E-state index in [0.29, 0.717) is 19.4 Å². The fourth-order valence-electron chi connectivity index (χ4n) is 2.52. The highest BCUT2D eigenvalue weighted by Gasteiger charge is 2.15. The molecule has 5 nitrogen and oxygen atoms in total. The van der Waals surface area contributed by atoms with E-state index in [1.807, 2.05) is 54.6 Å². The molecule has 5 heteroatoms. The Hall–Kier alpha value is -2.92. The summed E-state index contributed by atoms with van der Waals surface area (Å²) in [6.07, 6.45) is 4.05. The van der Waals surface area contributed by atoms with Crippen molar-refractivity contribution >= 4 is 5.78 Å². The second-order valence-corrected chi connectivity index (χ2v) is 5.95. The zero-order valence-corrected chi connectivity index (χ0v) is 13.9. The van der Waals surface area contributed by atoms with Gasteiger partial charge in [-0.1, -0.05) is 42.5 Å². The van der Waals surface area contributed by atoms with Crippen molar-refractivity contribution in [1.82, 2.24) is 9.97 Å². The second kappa shape index (κ2) is 8.26. The largest absolute Gasteiger partial charge is 0.489 e. The summed E-state index contributed by atoms with van der Waals surface area (Å²) in [6.45, 7) is 0.522. The van der Waals surface area contributed by atoms with E-state index in [1.54, 1.807) is 12.5 Å². The minimum atomic E-state index is -0.533. The first kappa shape index (κ1) is 16.9. The molecule has 0 radical (unpaired) electrons. The first-order valence-electron chi connectivity index (χ1n) is 8.22. The molecule has 1 atom stereocenters. The van der Waals surface area contributed by atoms with Crippen molar-refractivity contribution in [3.63, 3.8) is 0 Å². The van der Waals surface area contributed by atoms with Gasteiger partial charge < -0.3 is 15.5 Å². The van der Waals surface area contributed by atoms with Crippen molar-refractivity contribution in [2.75, 3.05) is 0 Å². The van der Waals surface area contributed by atoms with Crippen LogP contribution in [-0.2, 0) is 24.2 Å². The third-order valence-corrected chi connectivity index (χ3v) is 3.96. The summed E-state index contributed by atoms with van der Waals surface area (Å²) >= 11 is 0. The number of ketones is 1. The normalized spacial score (nSPS) is 11.9. The molecular weight excluding hydrogens is 314 g/mol. The number of H-pyrrole nitrogens is 1. The number of benzene rings is 2. The molecule has 0 saturated carbocycles. The lowest BCUT2D eigenvalue weighted by Gasteiger charge is -2.10. The minimum Gasteiger partial charge on any atom is -0.489 e. The van der Waals surface area contributed by atoms with Crippen LogP contribution in [0.3, 0.4) is 0 Å². The van der Waals surface area contributed by atoms with Gasteiger partial charge in [0.1, 0.15) is 12.4 Å². The monoisotopic (exact) mass is 335 g/mol. The Bertz CT molecular complexity index is 784. The molecule has 3 aromatic rings. The standard InChI is InChI=1S/C20H21N3O2/c21-19(11-17-12-22-14-23-17)20(24)10-15-6-8-18(9-7-15)25-13-16-4-2-1-3-5-16/h1-9,12,14,19H,10-11,13,21H2,(H,22,23)/t19-/m0/s1. The van der Waals surface area contributed by atoms with Crippen molar-refractivity contribution in [2.24, 2.45) is 5.73 Å². The van der Waals surface area contributed by atoms with Crippen molar-refractivity contribution in [3.8, 4) is 5.75 Å². The number of hydrogen-bond donors (Lipinski definition) is 2. The zero-order valence-electron chi connectivity index (χ0n) is 13.9. The zero-order chi connectivity index (χ0) is 17.5. The van der Waals surface area contributed by atoms with Crippen molar-refractivity contribution in [3.05, 3.63) is 83.9 Å². The summed E-state index contributed by atoms with van der Waals surface area (Å²) in [7, 11) is 0. The molecule has 3 rings (SSSR count). The Labute approximate surface area is 146 Å². The van der Waals surface area contributed by atoms with Crippen LogP contribution in [0.1, 0.15) is 16.8 Å². The molecule has 2 aromatic carbocycles. The van der Waals surface area contributed by atoms with Crippen LogP contribution in [-0.4, -0.2) is 21.8 Å². The summed E-state index contributed by atoms with van der Waals surface area (Å²) in [6, 6.07) is 17.0. The third kappa shape index (κ3) is 5.02. The van der Waals surface area contributed by atoms with Crippen LogP contribution in [0, 0.1) is 0 Å². The van der Waals surface area contributed by atoms with Crippen molar-refractivity contribution in [2.45, 2.75) is 25.5 Å². The predicted molar refractivity (Wildman–Crippen MR) is 96.2 cm³/mol. The lowest BCUT2D eigenvalue weighted by Crippen LogP contribution is -2.34.